The molecule has 0 spiro atoms. The minimum Gasteiger partial charge on any atom is -0.479 e. The Bertz CT molecular complexity index is 427. The summed E-state index contributed by atoms with van der Waals surface area (Å²) >= 11 is 29.5. The molecule has 26 heavy (non-hydrogen) atoms. The molecule has 0 saturated heterocycles. The summed E-state index contributed by atoms with van der Waals surface area (Å²) in [5, 5.41) is 18.0. The first kappa shape index (κ1) is 26.6. The Morgan fingerprint density at radius 1 is 1.00 bits per heavy atom. The number of halogens is 5. The zero-order valence-corrected chi connectivity index (χ0v) is 18.9. The Hall–Kier alpha value is 0.620. The molecule has 2 atom stereocenters. The number of carboxylic acid groups (broad SMARTS) is 1. The molecule has 8 heteroatoms. The number of hydrogen-bond acceptors (Lipinski definition) is 2. The fourth-order valence-electron chi connectivity index (χ4n) is 2.40. The molecule has 0 heterocycles. The van der Waals surface area contributed by atoms with E-state index in [1.807, 2.05) is 12.2 Å². The molecule has 0 aliphatic carbocycles. The number of carboxylic acids is 1. The van der Waals surface area contributed by atoms with E-state index in [9.17, 15) is 9.90 Å². The van der Waals surface area contributed by atoms with Crippen molar-refractivity contribution < 1.29 is 15.0 Å². The largest absolute Gasteiger partial charge is 0.479 e. The third-order valence-electron chi connectivity index (χ3n) is 4.12. The maximum absolute atomic E-state index is 11.1. The quantitative estimate of drug-likeness (QED) is 0.156. The second-order valence-corrected chi connectivity index (χ2v) is 9.70. The van der Waals surface area contributed by atoms with Crippen LogP contribution in [0.25, 0.3) is 0 Å². The van der Waals surface area contributed by atoms with Crippen molar-refractivity contribution in [3.8, 4) is 0 Å². The number of rotatable bonds is 15. The van der Waals surface area contributed by atoms with Crippen LogP contribution >= 0.6 is 58.0 Å². The summed E-state index contributed by atoms with van der Waals surface area (Å²) < 4.78 is -4.38. The van der Waals surface area contributed by atoms with Crippen molar-refractivity contribution in [3.63, 3.8) is 0 Å². The van der Waals surface area contributed by atoms with Gasteiger partial charge in [0.05, 0.1) is 11.5 Å². The summed E-state index contributed by atoms with van der Waals surface area (Å²) in [4.78, 5) is 11.1. The first-order valence-corrected chi connectivity index (χ1v) is 11.0. The van der Waals surface area contributed by atoms with Crippen LogP contribution in [-0.4, -0.2) is 36.3 Å². The van der Waals surface area contributed by atoms with Gasteiger partial charge >= 0.3 is 5.97 Å². The number of unbranched alkanes of at least 4 members (excludes halogenated alkanes) is 5. The molecule has 3 nitrogen and oxygen atoms in total. The number of carbonyl (C=O) groups is 1. The highest BCUT2D eigenvalue weighted by molar-refractivity contribution is 6.69. The van der Waals surface area contributed by atoms with Crippen LogP contribution in [0.2, 0.25) is 0 Å². The van der Waals surface area contributed by atoms with Crippen molar-refractivity contribution in [2.45, 2.75) is 91.3 Å². The van der Waals surface area contributed by atoms with Crippen molar-refractivity contribution in [2.75, 3.05) is 0 Å². The monoisotopic (exact) mass is 468 g/mol. The maximum atomic E-state index is 11.1. The highest BCUT2D eigenvalue weighted by Gasteiger charge is 2.57. The molecule has 2 N–H and O–H groups in total. The van der Waals surface area contributed by atoms with E-state index >= 15 is 0 Å². The van der Waals surface area contributed by atoms with Crippen molar-refractivity contribution in [2.24, 2.45) is 0 Å². The predicted octanol–water partition coefficient (Wildman–Crippen LogP) is 6.86. The third-order valence-corrected chi connectivity index (χ3v) is 7.29. The fraction of sp³-hybridized carbons (Fsp3) is 0.833. The van der Waals surface area contributed by atoms with Gasteiger partial charge in [-0.2, -0.15) is 0 Å². The van der Waals surface area contributed by atoms with Gasteiger partial charge < -0.3 is 10.2 Å². The van der Waals surface area contributed by atoms with E-state index in [4.69, 9.17) is 63.1 Å². The standard InChI is InChI=1S/C18H29Cl5O3/c1-2-3-4-8-11-14(24)12-9-6-5-7-10-13-15(19)17(20,21)18(22,23)16(25)26/h6,9,14-15,24H,2-5,7-8,10-13H2,1H3,(H,25,26)/t14-,15?/m1/s1. The van der Waals surface area contributed by atoms with Gasteiger partial charge in [0, 0.05) is 0 Å². The lowest BCUT2D eigenvalue weighted by Crippen LogP contribution is -2.49. The van der Waals surface area contributed by atoms with Crippen LogP contribution in [0.5, 0.6) is 0 Å². The summed E-state index contributed by atoms with van der Waals surface area (Å²) in [6.07, 6.45) is 12.6. The van der Waals surface area contributed by atoms with E-state index in [0.29, 0.717) is 19.3 Å². The normalized spacial score (nSPS) is 15.3. The molecule has 0 aromatic heterocycles. The highest BCUT2D eigenvalue weighted by Crippen LogP contribution is 2.48. The molecule has 0 saturated carbocycles. The van der Waals surface area contributed by atoms with Crippen LogP contribution in [0.4, 0.5) is 0 Å². The average molecular weight is 471 g/mol. The number of hydrogen-bond donors (Lipinski definition) is 2. The Morgan fingerprint density at radius 3 is 2.19 bits per heavy atom. The number of aliphatic hydroxyl groups excluding tert-OH is 1. The Labute approximate surface area is 182 Å². The second kappa shape index (κ2) is 13.7. The van der Waals surface area contributed by atoms with Crippen molar-refractivity contribution in [1.29, 1.82) is 0 Å². The molecule has 0 aromatic carbocycles. The van der Waals surface area contributed by atoms with Crippen LogP contribution in [0.1, 0.15) is 71.1 Å². The van der Waals surface area contributed by atoms with Gasteiger partial charge in [0.15, 0.2) is 4.33 Å². The van der Waals surface area contributed by atoms with Gasteiger partial charge in [0.2, 0.25) is 4.33 Å². The van der Waals surface area contributed by atoms with Crippen LogP contribution < -0.4 is 0 Å². The zero-order valence-electron chi connectivity index (χ0n) is 15.1. The SMILES string of the molecule is CCCCCC[C@@H](O)CC=CCCCCC(Cl)C(Cl)(Cl)C(Cl)(Cl)C(=O)O. The smallest absolute Gasteiger partial charge is 0.343 e. The molecule has 0 aliphatic rings. The lowest BCUT2D eigenvalue weighted by atomic mass is 10.1. The molecule has 0 amide bonds. The van der Waals surface area contributed by atoms with E-state index in [2.05, 4.69) is 6.92 Å². The van der Waals surface area contributed by atoms with Crippen LogP contribution in [-0.2, 0) is 4.79 Å². The number of aliphatic hydroxyl groups is 1. The van der Waals surface area contributed by atoms with Crippen molar-refractivity contribution in [3.05, 3.63) is 12.2 Å². The van der Waals surface area contributed by atoms with Gasteiger partial charge in [0.1, 0.15) is 0 Å². The van der Waals surface area contributed by atoms with Gasteiger partial charge in [-0.3, -0.25) is 0 Å². The van der Waals surface area contributed by atoms with Gasteiger partial charge in [-0.15, -0.1) is 11.6 Å². The minimum absolute atomic E-state index is 0.278. The Kier molecular flexibility index (Phi) is 14.1. The van der Waals surface area contributed by atoms with Crippen LogP contribution in [0, 0.1) is 0 Å². The number of aliphatic carboxylic acids is 1. The first-order chi connectivity index (χ1) is 12.1. The zero-order chi connectivity index (χ0) is 20.2. The molecular formula is C18H29Cl5O3. The van der Waals surface area contributed by atoms with Gasteiger partial charge in [0.25, 0.3) is 0 Å². The van der Waals surface area contributed by atoms with Gasteiger partial charge in [-0.25, -0.2) is 4.79 Å². The summed E-state index contributed by atoms with van der Waals surface area (Å²) in [7, 11) is 0. The van der Waals surface area contributed by atoms with E-state index in [0.717, 1.165) is 25.7 Å². The summed E-state index contributed by atoms with van der Waals surface area (Å²) in [5.41, 5.74) is 0. The van der Waals surface area contributed by atoms with E-state index in [1.54, 1.807) is 0 Å². The molecule has 0 radical (unpaired) electrons. The molecule has 154 valence electrons. The molecular weight excluding hydrogens is 441 g/mol. The molecule has 0 aliphatic heterocycles. The summed E-state index contributed by atoms with van der Waals surface area (Å²) in [6, 6.07) is 0. The van der Waals surface area contributed by atoms with Crippen LogP contribution in [0.3, 0.4) is 0 Å². The topological polar surface area (TPSA) is 57.5 Å². The Morgan fingerprint density at radius 2 is 1.62 bits per heavy atom. The molecule has 0 bridgehead atoms. The average Bonchev–Trinajstić information content (AvgIpc) is 2.57. The summed E-state index contributed by atoms with van der Waals surface area (Å²) in [5.74, 6) is -1.53. The number of alkyl halides is 5. The van der Waals surface area contributed by atoms with E-state index in [1.165, 1.54) is 19.3 Å². The Balaban J connectivity index is 3.97. The molecule has 0 rings (SSSR count). The number of allylic oxidation sites excluding steroid dienone is 1. The maximum Gasteiger partial charge on any atom is 0.343 e. The minimum atomic E-state index is -2.38. The molecule has 0 aromatic rings. The van der Waals surface area contributed by atoms with Crippen LogP contribution in [0.15, 0.2) is 12.2 Å². The third kappa shape index (κ3) is 9.71. The van der Waals surface area contributed by atoms with E-state index in [-0.39, 0.29) is 6.10 Å². The first-order valence-electron chi connectivity index (χ1n) is 9.03. The van der Waals surface area contributed by atoms with Crippen molar-refractivity contribution >= 4 is 64.0 Å². The summed E-state index contributed by atoms with van der Waals surface area (Å²) in [6.45, 7) is 2.17. The molecule has 1 unspecified atom stereocenters. The molecule has 0 fully saturated rings. The van der Waals surface area contributed by atoms with Gasteiger partial charge in [-0.05, 0) is 32.1 Å². The van der Waals surface area contributed by atoms with Gasteiger partial charge in [-0.1, -0.05) is 97.6 Å². The highest BCUT2D eigenvalue weighted by atomic mass is 35.5. The lowest BCUT2D eigenvalue weighted by molar-refractivity contribution is -0.138. The lowest BCUT2D eigenvalue weighted by Gasteiger charge is -2.32. The predicted molar refractivity (Wildman–Crippen MR) is 113 cm³/mol. The van der Waals surface area contributed by atoms with E-state index < -0.39 is 20.0 Å². The van der Waals surface area contributed by atoms with Crippen molar-refractivity contribution in [1.82, 2.24) is 0 Å². The second-order valence-electron chi connectivity index (χ2n) is 6.46. The fourth-order valence-corrected chi connectivity index (χ4v) is 3.47.